The topological polar surface area (TPSA) is 57.5 Å². The summed E-state index contributed by atoms with van der Waals surface area (Å²) in [4.78, 5) is 10.3. The summed E-state index contributed by atoms with van der Waals surface area (Å²) in [6.45, 7) is 1.27. The lowest BCUT2D eigenvalue weighted by molar-refractivity contribution is -0.137. The van der Waals surface area contributed by atoms with Gasteiger partial charge in [0.05, 0.1) is 6.61 Å². The number of unbranched alkanes of at least 4 members (excludes halogenated alkanes) is 14. The van der Waals surface area contributed by atoms with E-state index in [1.807, 2.05) is 0 Å². The van der Waals surface area contributed by atoms with Crippen LogP contribution in [-0.4, -0.2) is 16.2 Å². The minimum atomic E-state index is -0.665. The third-order valence-electron chi connectivity index (χ3n) is 3.97. The second-order valence-electron chi connectivity index (χ2n) is 6.06. The van der Waals surface area contributed by atoms with Crippen LogP contribution in [0.25, 0.3) is 0 Å². The molecule has 0 aromatic carbocycles. The Morgan fingerprint density at radius 3 is 1.29 bits per heavy atom. The number of aliphatic hydroxyl groups is 1. The molecule has 0 aliphatic heterocycles. The molecule has 0 heterocycles. The molecule has 2 N–H and O–H groups in total. The normalized spacial score (nSPS) is 10.9. The van der Waals surface area contributed by atoms with Gasteiger partial charge in [0.25, 0.3) is 0 Å². The van der Waals surface area contributed by atoms with Crippen molar-refractivity contribution in [1.29, 1.82) is 0 Å². The minimum Gasteiger partial charge on any atom is -0.481 e. The summed E-state index contributed by atoms with van der Waals surface area (Å²) >= 11 is 0. The van der Waals surface area contributed by atoms with E-state index in [0.717, 1.165) is 25.7 Å². The summed E-state index contributed by atoms with van der Waals surface area (Å²) < 4.78 is 0. The molecule has 0 unspecified atom stereocenters. The Morgan fingerprint density at radius 2 is 0.952 bits per heavy atom. The quantitative estimate of drug-likeness (QED) is 0.331. The van der Waals surface area contributed by atoms with Crippen molar-refractivity contribution in [2.24, 2.45) is 0 Å². The number of carboxylic acids is 1. The number of rotatable bonds is 17. The Hall–Kier alpha value is -0.570. The number of carbonyl (C=O) groups is 1. The van der Waals surface area contributed by atoms with Crippen LogP contribution in [-0.2, 0) is 4.79 Å². The zero-order valence-electron chi connectivity index (χ0n) is 13.7. The average Bonchev–Trinajstić information content (AvgIpc) is 2.46. The number of hydrogen-bond donors (Lipinski definition) is 2. The van der Waals surface area contributed by atoms with Gasteiger partial charge in [0.2, 0.25) is 0 Å². The van der Waals surface area contributed by atoms with Crippen molar-refractivity contribution in [3.05, 3.63) is 6.61 Å². The maximum absolute atomic E-state index is 10.3. The molecule has 0 amide bonds. The molecule has 1 radical (unpaired) electrons. The van der Waals surface area contributed by atoms with E-state index in [1.54, 1.807) is 0 Å². The van der Waals surface area contributed by atoms with Gasteiger partial charge in [-0.05, 0) is 12.8 Å². The van der Waals surface area contributed by atoms with Gasteiger partial charge >= 0.3 is 5.97 Å². The second kappa shape index (κ2) is 17.5. The van der Waals surface area contributed by atoms with Gasteiger partial charge in [-0.15, -0.1) is 0 Å². The average molecular weight is 299 g/mol. The van der Waals surface area contributed by atoms with Gasteiger partial charge in [0.15, 0.2) is 0 Å². The third kappa shape index (κ3) is 19.4. The number of carboxylic acid groups (broad SMARTS) is 1. The highest BCUT2D eigenvalue weighted by atomic mass is 16.4. The van der Waals surface area contributed by atoms with E-state index in [9.17, 15) is 4.79 Å². The molecule has 0 saturated carbocycles. The standard InChI is InChI=1S/C18H35O3/c19-17-15-13-11-9-7-5-3-1-2-4-6-8-10-12-14-16-18(20)21/h17,19H,1-16H2,(H,20,21). The molecule has 0 aliphatic carbocycles. The number of hydrogen-bond acceptors (Lipinski definition) is 2. The Balaban J connectivity index is 2.95. The lowest BCUT2D eigenvalue weighted by atomic mass is 10.0. The first-order valence-electron chi connectivity index (χ1n) is 8.95. The van der Waals surface area contributed by atoms with Gasteiger partial charge in [-0.3, -0.25) is 4.79 Å². The van der Waals surface area contributed by atoms with Crippen LogP contribution in [0, 0.1) is 6.61 Å². The predicted molar refractivity (Wildman–Crippen MR) is 87.7 cm³/mol. The van der Waals surface area contributed by atoms with E-state index in [1.165, 1.54) is 77.2 Å². The van der Waals surface area contributed by atoms with Gasteiger partial charge in [-0.1, -0.05) is 83.5 Å². The molecule has 0 saturated heterocycles. The number of aliphatic carboxylic acids is 1. The lowest BCUT2D eigenvalue weighted by Gasteiger charge is -2.03. The molecule has 125 valence electrons. The number of aliphatic hydroxyl groups excluding tert-OH is 1. The Kier molecular flexibility index (Phi) is 17.0. The first-order chi connectivity index (χ1) is 10.3. The van der Waals surface area contributed by atoms with Crippen LogP contribution in [0.3, 0.4) is 0 Å². The molecule has 0 fully saturated rings. The van der Waals surface area contributed by atoms with E-state index in [-0.39, 0.29) is 0 Å². The van der Waals surface area contributed by atoms with Gasteiger partial charge in [-0.25, -0.2) is 0 Å². The van der Waals surface area contributed by atoms with E-state index >= 15 is 0 Å². The predicted octanol–water partition coefficient (Wildman–Crippen LogP) is 5.85. The summed E-state index contributed by atoms with van der Waals surface area (Å²) in [6, 6.07) is 0. The summed E-state index contributed by atoms with van der Waals surface area (Å²) in [5.41, 5.74) is 0. The fourth-order valence-electron chi connectivity index (χ4n) is 2.63. The fraction of sp³-hybridized carbons (Fsp3) is 0.889. The lowest BCUT2D eigenvalue weighted by Crippen LogP contribution is -1.93. The molecule has 0 atom stereocenters. The monoisotopic (exact) mass is 299 g/mol. The van der Waals surface area contributed by atoms with Gasteiger partial charge in [0.1, 0.15) is 0 Å². The summed E-state index contributed by atoms with van der Waals surface area (Å²) in [7, 11) is 0. The summed E-state index contributed by atoms with van der Waals surface area (Å²) in [5, 5.41) is 17.1. The maximum atomic E-state index is 10.3. The highest BCUT2D eigenvalue weighted by Crippen LogP contribution is 2.13. The maximum Gasteiger partial charge on any atom is 0.303 e. The second-order valence-corrected chi connectivity index (χ2v) is 6.06. The zero-order valence-corrected chi connectivity index (χ0v) is 13.7. The van der Waals surface area contributed by atoms with E-state index in [4.69, 9.17) is 10.2 Å². The third-order valence-corrected chi connectivity index (χ3v) is 3.97. The molecular weight excluding hydrogens is 264 g/mol. The van der Waals surface area contributed by atoms with E-state index in [0.29, 0.717) is 6.42 Å². The first kappa shape index (κ1) is 20.4. The van der Waals surface area contributed by atoms with Crippen LogP contribution in [0.2, 0.25) is 0 Å². The molecule has 0 rings (SSSR count). The van der Waals surface area contributed by atoms with E-state index in [2.05, 4.69) is 0 Å². The molecule has 0 aromatic rings. The zero-order chi connectivity index (χ0) is 15.6. The van der Waals surface area contributed by atoms with Crippen LogP contribution in [0.15, 0.2) is 0 Å². The van der Waals surface area contributed by atoms with Crippen molar-refractivity contribution in [3.63, 3.8) is 0 Å². The van der Waals surface area contributed by atoms with Crippen molar-refractivity contribution < 1.29 is 15.0 Å². The minimum absolute atomic E-state index is 0.332. The SMILES string of the molecule is O=C(O)CCCCCCCCCCCCCCCC[CH]O. The smallest absolute Gasteiger partial charge is 0.303 e. The summed E-state index contributed by atoms with van der Waals surface area (Å²) in [6.07, 6.45) is 18.7. The van der Waals surface area contributed by atoms with Gasteiger partial charge in [0, 0.05) is 6.42 Å². The van der Waals surface area contributed by atoms with Crippen LogP contribution < -0.4 is 0 Å². The molecule has 3 heteroatoms. The Labute approximate surface area is 131 Å². The molecule has 0 aromatic heterocycles. The molecule has 3 nitrogen and oxygen atoms in total. The van der Waals surface area contributed by atoms with Crippen LogP contribution in [0.1, 0.15) is 103 Å². The molecular formula is C18H35O3. The van der Waals surface area contributed by atoms with Crippen molar-refractivity contribution >= 4 is 5.97 Å². The van der Waals surface area contributed by atoms with Crippen molar-refractivity contribution in [1.82, 2.24) is 0 Å². The van der Waals surface area contributed by atoms with Gasteiger partial charge < -0.3 is 10.2 Å². The van der Waals surface area contributed by atoms with Gasteiger partial charge in [-0.2, -0.15) is 0 Å². The molecule has 0 aliphatic rings. The van der Waals surface area contributed by atoms with Crippen molar-refractivity contribution in [2.45, 2.75) is 103 Å². The molecule has 21 heavy (non-hydrogen) atoms. The van der Waals surface area contributed by atoms with Crippen molar-refractivity contribution in [2.75, 3.05) is 0 Å². The van der Waals surface area contributed by atoms with Crippen LogP contribution >= 0.6 is 0 Å². The largest absolute Gasteiger partial charge is 0.481 e. The highest BCUT2D eigenvalue weighted by molar-refractivity contribution is 5.66. The first-order valence-corrected chi connectivity index (χ1v) is 8.95. The molecule has 0 bridgehead atoms. The molecule has 0 spiro atoms. The van der Waals surface area contributed by atoms with Crippen molar-refractivity contribution in [3.8, 4) is 0 Å². The van der Waals surface area contributed by atoms with Crippen LogP contribution in [0.5, 0.6) is 0 Å². The fourth-order valence-corrected chi connectivity index (χ4v) is 2.63. The van der Waals surface area contributed by atoms with E-state index < -0.39 is 5.97 Å². The Bertz CT molecular complexity index is 217. The Morgan fingerprint density at radius 1 is 0.619 bits per heavy atom. The summed E-state index contributed by atoms with van der Waals surface area (Å²) in [5.74, 6) is -0.665. The highest BCUT2D eigenvalue weighted by Gasteiger charge is 1.97. The van der Waals surface area contributed by atoms with Crippen LogP contribution in [0.4, 0.5) is 0 Å².